The Morgan fingerprint density at radius 2 is 2.18 bits per heavy atom. The number of aromatic nitrogens is 1. The standard InChI is InChI=1S/C15H18ClN/c1-9(2)10-3-5-14-12(7-10)13-8-11(16)4-6-15(13)17-14/h4,6,8-10,17H,3,5,7H2,1-2H3. The summed E-state index contributed by atoms with van der Waals surface area (Å²) in [5, 5.41) is 2.17. The average molecular weight is 248 g/mol. The lowest BCUT2D eigenvalue weighted by atomic mass is 9.80. The van der Waals surface area contributed by atoms with Crippen LogP contribution < -0.4 is 0 Å². The molecule has 1 atom stereocenters. The molecule has 1 aromatic carbocycles. The highest BCUT2D eigenvalue weighted by molar-refractivity contribution is 6.31. The topological polar surface area (TPSA) is 15.8 Å². The molecule has 0 spiro atoms. The summed E-state index contributed by atoms with van der Waals surface area (Å²) in [6.07, 6.45) is 3.70. The molecule has 2 heteroatoms. The van der Waals surface area contributed by atoms with Gasteiger partial charge in [0.2, 0.25) is 0 Å². The van der Waals surface area contributed by atoms with Crippen LogP contribution in [0.15, 0.2) is 18.2 Å². The maximum absolute atomic E-state index is 6.10. The maximum atomic E-state index is 6.10. The normalized spacial score (nSPS) is 19.9. The summed E-state index contributed by atoms with van der Waals surface area (Å²) >= 11 is 6.10. The molecule has 0 saturated heterocycles. The van der Waals surface area contributed by atoms with Gasteiger partial charge in [0, 0.05) is 21.6 Å². The molecule has 17 heavy (non-hydrogen) atoms. The van der Waals surface area contributed by atoms with E-state index in [0.717, 1.165) is 16.9 Å². The molecule has 1 heterocycles. The van der Waals surface area contributed by atoms with Gasteiger partial charge in [-0.3, -0.25) is 0 Å². The Labute approximate surface area is 107 Å². The van der Waals surface area contributed by atoms with Gasteiger partial charge >= 0.3 is 0 Å². The third kappa shape index (κ3) is 1.87. The van der Waals surface area contributed by atoms with Crippen molar-refractivity contribution in [3.8, 4) is 0 Å². The number of nitrogens with one attached hydrogen (secondary N) is 1. The van der Waals surface area contributed by atoms with Gasteiger partial charge in [0.25, 0.3) is 0 Å². The van der Waals surface area contributed by atoms with E-state index in [1.807, 2.05) is 6.07 Å². The van der Waals surface area contributed by atoms with Crippen molar-refractivity contribution >= 4 is 22.5 Å². The lowest BCUT2D eigenvalue weighted by Gasteiger charge is -2.25. The third-order valence-electron chi connectivity index (χ3n) is 4.13. The van der Waals surface area contributed by atoms with Crippen LogP contribution in [0.4, 0.5) is 0 Å². The smallest absolute Gasteiger partial charge is 0.0460 e. The van der Waals surface area contributed by atoms with E-state index >= 15 is 0 Å². The number of aromatic amines is 1. The number of hydrogen-bond donors (Lipinski definition) is 1. The molecule has 3 rings (SSSR count). The van der Waals surface area contributed by atoms with Gasteiger partial charge in [0.15, 0.2) is 0 Å². The number of halogens is 1. The van der Waals surface area contributed by atoms with Crippen LogP contribution in [0.5, 0.6) is 0 Å². The summed E-state index contributed by atoms with van der Waals surface area (Å²) in [7, 11) is 0. The summed E-state index contributed by atoms with van der Waals surface area (Å²) < 4.78 is 0. The van der Waals surface area contributed by atoms with Crippen LogP contribution in [0.3, 0.4) is 0 Å². The van der Waals surface area contributed by atoms with Crippen molar-refractivity contribution < 1.29 is 0 Å². The number of aryl methyl sites for hydroxylation is 1. The Hall–Kier alpha value is -0.950. The van der Waals surface area contributed by atoms with Crippen LogP contribution >= 0.6 is 11.6 Å². The van der Waals surface area contributed by atoms with E-state index < -0.39 is 0 Å². The second-order valence-electron chi connectivity index (χ2n) is 5.52. The fourth-order valence-corrected chi connectivity index (χ4v) is 3.16. The van der Waals surface area contributed by atoms with E-state index in [1.165, 1.54) is 41.4 Å². The first kappa shape index (κ1) is 11.2. The van der Waals surface area contributed by atoms with E-state index in [1.54, 1.807) is 0 Å². The second-order valence-corrected chi connectivity index (χ2v) is 5.96. The monoisotopic (exact) mass is 247 g/mol. The van der Waals surface area contributed by atoms with Crippen molar-refractivity contribution in [2.75, 3.05) is 0 Å². The van der Waals surface area contributed by atoms with Gasteiger partial charge < -0.3 is 4.98 Å². The van der Waals surface area contributed by atoms with Gasteiger partial charge in [-0.1, -0.05) is 25.4 Å². The van der Waals surface area contributed by atoms with Gasteiger partial charge in [0.05, 0.1) is 0 Å². The maximum Gasteiger partial charge on any atom is 0.0460 e. The number of benzene rings is 1. The molecule has 0 amide bonds. The van der Waals surface area contributed by atoms with E-state index in [4.69, 9.17) is 11.6 Å². The molecule has 0 radical (unpaired) electrons. The molecule has 2 aromatic rings. The molecule has 1 aromatic heterocycles. The molecule has 0 fully saturated rings. The molecular formula is C15H18ClN. The Morgan fingerprint density at radius 1 is 1.35 bits per heavy atom. The Morgan fingerprint density at radius 3 is 2.94 bits per heavy atom. The van der Waals surface area contributed by atoms with Crippen molar-refractivity contribution in [1.29, 1.82) is 0 Å². The molecule has 1 unspecified atom stereocenters. The highest BCUT2D eigenvalue weighted by Gasteiger charge is 2.24. The first-order valence-electron chi connectivity index (χ1n) is 6.44. The van der Waals surface area contributed by atoms with Crippen LogP contribution in [0.1, 0.15) is 31.5 Å². The molecule has 1 nitrogen and oxygen atoms in total. The molecular weight excluding hydrogens is 230 g/mol. The van der Waals surface area contributed by atoms with Crippen molar-refractivity contribution in [3.05, 3.63) is 34.5 Å². The van der Waals surface area contributed by atoms with E-state index in [2.05, 4.69) is 31.0 Å². The summed E-state index contributed by atoms with van der Waals surface area (Å²) in [5.41, 5.74) is 4.18. The minimum absolute atomic E-state index is 0.771. The molecule has 1 aliphatic rings. The van der Waals surface area contributed by atoms with E-state index in [0.29, 0.717) is 0 Å². The number of fused-ring (bicyclic) bond motifs is 3. The first-order chi connectivity index (χ1) is 8.15. The van der Waals surface area contributed by atoms with Crippen LogP contribution in [-0.2, 0) is 12.8 Å². The van der Waals surface area contributed by atoms with E-state index in [-0.39, 0.29) is 0 Å². The fraction of sp³-hybridized carbons (Fsp3) is 0.467. The van der Waals surface area contributed by atoms with Crippen LogP contribution in [0.25, 0.3) is 10.9 Å². The number of rotatable bonds is 1. The first-order valence-corrected chi connectivity index (χ1v) is 6.82. The Kier molecular flexibility index (Phi) is 2.67. The summed E-state index contributed by atoms with van der Waals surface area (Å²) in [4.78, 5) is 3.54. The van der Waals surface area contributed by atoms with Crippen molar-refractivity contribution in [3.63, 3.8) is 0 Å². The molecule has 90 valence electrons. The predicted octanol–water partition coefficient (Wildman–Crippen LogP) is 4.58. The molecule has 0 bridgehead atoms. The van der Waals surface area contributed by atoms with Crippen molar-refractivity contribution in [1.82, 2.24) is 4.98 Å². The number of H-pyrrole nitrogens is 1. The fourth-order valence-electron chi connectivity index (χ4n) is 2.99. The second kappa shape index (κ2) is 4.06. The predicted molar refractivity (Wildman–Crippen MR) is 73.7 cm³/mol. The lowest BCUT2D eigenvalue weighted by molar-refractivity contribution is 0.342. The van der Waals surface area contributed by atoms with Gasteiger partial charge in [-0.25, -0.2) is 0 Å². The Bertz CT molecular complexity index is 553. The van der Waals surface area contributed by atoms with E-state index in [9.17, 15) is 0 Å². The minimum Gasteiger partial charge on any atom is -0.358 e. The Balaban J connectivity index is 2.10. The zero-order valence-corrected chi connectivity index (χ0v) is 11.1. The highest BCUT2D eigenvalue weighted by atomic mass is 35.5. The van der Waals surface area contributed by atoms with Gasteiger partial charge in [-0.05, 0) is 54.9 Å². The summed E-state index contributed by atoms with van der Waals surface area (Å²) in [6, 6.07) is 6.17. The highest BCUT2D eigenvalue weighted by Crippen LogP contribution is 2.35. The number of hydrogen-bond acceptors (Lipinski definition) is 0. The molecule has 1 aliphatic carbocycles. The van der Waals surface area contributed by atoms with Crippen LogP contribution in [0.2, 0.25) is 5.02 Å². The molecule has 1 N–H and O–H groups in total. The third-order valence-corrected chi connectivity index (χ3v) is 4.37. The summed E-state index contributed by atoms with van der Waals surface area (Å²) in [5.74, 6) is 1.59. The van der Waals surface area contributed by atoms with Crippen molar-refractivity contribution in [2.24, 2.45) is 11.8 Å². The average Bonchev–Trinajstić information content (AvgIpc) is 2.66. The van der Waals surface area contributed by atoms with Crippen LogP contribution in [-0.4, -0.2) is 4.98 Å². The van der Waals surface area contributed by atoms with Crippen LogP contribution in [0, 0.1) is 11.8 Å². The zero-order valence-electron chi connectivity index (χ0n) is 10.4. The molecule has 0 aliphatic heterocycles. The van der Waals surface area contributed by atoms with Gasteiger partial charge in [-0.2, -0.15) is 0 Å². The minimum atomic E-state index is 0.771. The quantitative estimate of drug-likeness (QED) is 0.759. The zero-order chi connectivity index (χ0) is 12.0. The van der Waals surface area contributed by atoms with Gasteiger partial charge in [-0.15, -0.1) is 0 Å². The lowest BCUT2D eigenvalue weighted by Crippen LogP contribution is -2.18. The SMILES string of the molecule is CC(C)C1CCc2[nH]c3ccc(Cl)cc3c2C1. The summed E-state index contributed by atoms with van der Waals surface area (Å²) in [6.45, 7) is 4.66. The van der Waals surface area contributed by atoms with Gasteiger partial charge in [0.1, 0.15) is 0 Å². The van der Waals surface area contributed by atoms with Crippen molar-refractivity contribution in [2.45, 2.75) is 33.1 Å². The largest absolute Gasteiger partial charge is 0.358 e. The molecule has 0 saturated carbocycles.